The molecule has 0 fully saturated rings. The van der Waals surface area contributed by atoms with Gasteiger partial charge in [-0.15, -0.1) is 0 Å². The van der Waals surface area contributed by atoms with Crippen LogP contribution in [0.15, 0.2) is 76.6 Å². The summed E-state index contributed by atoms with van der Waals surface area (Å²) >= 11 is 0. The standard InChI is InChI=1S/C31H37NO5/c1-29(2,3)22-14-19(16-24(33)27(22)35)26(18-10-12-21(13-11-18)32(37)31(7,8)9)20-15-23(30(4,5)6)28(36)25(34)17-20/h10-17,33,37H,1-9H3/p-1. The van der Waals surface area contributed by atoms with E-state index >= 15 is 0 Å². The van der Waals surface area contributed by atoms with Gasteiger partial charge in [-0.2, -0.15) is 0 Å². The average molecular weight is 503 g/mol. The fourth-order valence-electron chi connectivity index (χ4n) is 4.26. The van der Waals surface area contributed by atoms with Crippen LogP contribution in [0, 0.1) is 10.8 Å². The van der Waals surface area contributed by atoms with E-state index in [9.17, 15) is 24.7 Å². The molecule has 0 amide bonds. The second-order valence-electron chi connectivity index (χ2n) is 12.6. The summed E-state index contributed by atoms with van der Waals surface area (Å²) in [4.78, 5) is 38.2. The van der Waals surface area contributed by atoms with Gasteiger partial charge in [0.25, 0.3) is 0 Å². The van der Waals surface area contributed by atoms with Gasteiger partial charge < -0.3 is 5.11 Å². The molecule has 0 spiro atoms. The Bertz CT molecular complexity index is 1310. The summed E-state index contributed by atoms with van der Waals surface area (Å²) in [6.07, 6.45) is 5.99. The van der Waals surface area contributed by atoms with Crippen molar-refractivity contribution in [3.8, 4) is 0 Å². The molecule has 0 bridgehead atoms. The summed E-state index contributed by atoms with van der Waals surface area (Å²) in [5.74, 6) is -2.38. The number of hydrogen-bond donors (Lipinski definition) is 1. The zero-order chi connectivity index (χ0) is 28.1. The van der Waals surface area contributed by atoms with Crippen LogP contribution in [-0.2, 0) is 14.4 Å². The van der Waals surface area contributed by atoms with Gasteiger partial charge in [-0.1, -0.05) is 65.5 Å². The highest BCUT2D eigenvalue weighted by molar-refractivity contribution is 6.49. The first-order chi connectivity index (χ1) is 16.8. The predicted molar refractivity (Wildman–Crippen MR) is 144 cm³/mol. The van der Waals surface area contributed by atoms with Gasteiger partial charge in [0.15, 0.2) is 5.78 Å². The third-order valence-corrected chi connectivity index (χ3v) is 6.34. The van der Waals surface area contributed by atoms with Gasteiger partial charge in [0.05, 0.1) is 11.2 Å². The van der Waals surface area contributed by atoms with Crippen LogP contribution in [0.1, 0.15) is 67.9 Å². The molecule has 0 radical (unpaired) electrons. The van der Waals surface area contributed by atoms with Crippen LogP contribution in [0.25, 0.3) is 5.57 Å². The number of nitrogens with zero attached hydrogens (tertiary/aromatic N) is 1. The number of hydrogen-bond acceptors (Lipinski definition) is 6. The van der Waals surface area contributed by atoms with E-state index < -0.39 is 39.5 Å². The van der Waals surface area contributed by atoms with Gasteiger partial charge in [-0.3, -0.25) is 24.7 Å². The summed E-state index contributed by atoms with van der Waals surface area (Å²) in [6, 6.07) is 7.07. The van der Waals surface area contributed by atoms with E-state index in [1.807, 2.05) is 62.3 Å². The first-order valence-corrected chi connectivity index (χ1v) is 12.3. The molecular formula is C31H36NO5-. The van der Waals surface area contributed by atoms with Gasteiger partial charge in [0, 0.05) is 11.1 Å². The zero-order valence-electron chi connectivity index (χ0n) is 23.1. The monoisotopic (exact) mass is 502 g/mol. The molecule has 0 saturated heterocycles. The number of Topliss-reactive ketones (excluding diaryl/α,β-unsaturated/α-hetero) is 2. The second kappa shape index (κ2) is 9.42. The number of hydroxylamine groups is 1. The lowest BCUT2D eigenvalue weighted by Gasteiger charge is -2.32. The molecule has 37 heavy (non-hydrogen) atoms. The van der Waals surface area contributed by atoms with Crippen molar-refractivity contribution >= 4 is 28.6 Å². The summed E-state index contributed by atoms with van der Waals surface area (Å²) in [5, 5.41) is 24.5. The molecular weight excluding hydrogens is 466 g/mol. The summed E-state index contributed by atoms with van der Waals surface area (Å²) in [5.41, 5.74) is 1.82. The van der Waals surface area contributed by atoms with Crippen LogP contribution in [0.3, 0.4) is 0 Å². The third-order valence-electron chi connectivity index (χ3n) is 6.34. The Kier molecular flexibility index (Phi) is 7.14. The second-order valence-corrected chi connectivity index (χ2v) is 12.6. The van der Waals surface area contributed by atoms with Gasteiger partial charge in [0.2, 0.25) is 11.6 Å². The molecule has 0 saturated carbocycles. The lowest BCUT2D eigenvalue weighted by atomic mass is 9.75. The minimum atomic E-state index is -0.635. The Morgan fingerprint density at radius 2 is 1.24 bits per heavy atom. The van der Waals surface area contributed by atoms with Crippen molar-refractivity contribution in [3.63, 3.8) is 0 Å². The average Bonchev–Trinajstić information content (AvgIpc) is 2.76. The lowest BCUT2D eigenvalue weighted by molar-refractivity contribution is -0.297. The molecule has 1 aromatic rings. The van der Waals surface area contributed by atoms with E-state index in [1.165, 1.54) is 12.2 Å². The Morgan fingerprint density at radius 3 is 1.73 bits per heavy atom. The summed E-state index contributed by atoms with van der Waals surface area (Å²) in [7, 11) is 0. The van der Waals surface area contributed by atoms with E-state index in [2.05, 4.69) is 0 Å². The smallest absolute Gasteiger partial charge is 0.229 e. The maximum absolute atomic E-state index is 12.8. The van der Waals surface area contributed by atoms with Crippen LogP contribution in [-0.4, -0.2) is 28.1 Å². The highest BCUT2D eigenvalue weighted by Crippen LogP contribution is 2.40. The number of benzene rings is 1. The Morgan fingerprint density at radius 1 is 0.730 bits per heavy atom. The normalized spacial score (nSPS) is 18.7. The number of ketones is 3. The van der Waals surface area contributed by atoms with Crippen molar-refractivity contribution in [3.05, 3.63) is 82.2 Å². The highest BCUT2D eigenvalue weighted by atomic mass is 16.5. The molecule has 6 heteroatoms. The van der Waals surface area contributed by atoms with Crippen molar-refractivity contribution in [2.45, 2.75) is 67.9 Å². The van der Waals surface area contributed by atoms with Gasteiger partial charge >= 0.3 is 0 Å². The number of carbonyl (C=O) groups excluding carboxylic acids is 3. The van der Waals surface area contributed by atoms with Crippen molar-refractivity contribution in [2.75, 3.05) is 5.06 Å². The summed E-state index contributed by atoms with van der Waals surface area (Å²) < 4.78 is 0. The molecule has 0 atom stereocenters. The highest BCUT2D eigenvalue weighted by Gasteiger charge is 2.33. The SMILES string of the molecule is CC(C)(C)C1=CC(C(=C2C=C([O-])C(=O)C(C(C)(C)C)=C2)c2ccc(N(O)C(C)(C)C)cc2)=CC(=O)C1=O. The first kappa shape index (κ1) is 28.1. The minimum Gasteiger partial charge on any atom is -0.870 e. The van der Waals surface area contributed by atoms with E-state index in [0.29, 0.717) is 39.1 Å². The minimum absolute atomic E-state index is 0.372. The van der Waals surface area contributed by atoms with Crippen molar-refractivity contribution in [2.24, 2.45) is 10.8 Å². The van der Waals surface area contributed by atoms with Crippen LogP contribution in [0.4, 0.5) is 5.69 Å². The Hall–Kier alpha value is -3.51. The molecule has 0 aromatic heterocycles. The fraction of sp³-hybridized carbons (Fsp3) is 0.387. The van der Waals surface area contributed by atoms with Gasteiger partial charge in [-0.25, -0.2) is 0 Å². The van der Waals surface area contributed by atoms with Crippen molar-refractivity contribution < 1.29 is 24.7 Å². The molecule has 3 rings (SSSR count). The van der Waals surface area contributed by atoms with E-state index in [-0.39, 0.29) is 0 Å². The Balaban J connectivity index is 2.34. The molecule has 2 aliphatic rings. The molecule has 1 N–H and O–H groups in total. The van der Waals surface area contributed by atoms with Crippen LogP contribution < -0.4 is 10.2 Å². The Labute approximate surface area is 219 Å². The molecule has 196 valence electrons. The molecule has 0 heterocycles. The largest absolute Gasteiger partial charge is 0.870 e. The van der Waals surface area contributed by atoms with Crippen molar-refractivity contribution in [1.29, 1.82) is 0 Å². The molecule has 0 aliphatic heterocycles. The van der Waals surface area contributed by atoms with E-state index in [0.717, 1.165) is 5.06 Å². The lowest BCUT2D eigenvalue weighted by Crippen LogP contribution is -2.38. The van der Waals surface area contributed by atoms with Gasteiger partial charge in [0.1, 0.15) is 0 Å². The number of rotatable bonds is 3. The van der Waals surface area contributed by atoms with E-state index in [4.69, 9.17) is 0 Å². The zero-order valence-corrected chi connectivity index (χ0v) is 23.1. The van der Waals surface area contributed by atoms with Gasteiger partial charge in [-0.05, 0) is 84.2 Å². The number of allylic oxidation sites excluding steroid dienone is 9. The quantitative estimate of drug-likeness (QED) is 0.343. The maximum atomic E-state index is 12.8. The van der Waals surface area contributed by atoms with Crippen LogP contribution in [0.2, 0.25) is 0 Å². The predicted octanol–water partition coefficient (Wildman–Crippen LogP) is 5.28. The molecule has 2 aliphatic carbocycles. The van der Waals surface area contributed by atoms with E-state index in [1.54, 1.807) is 36.4 Å². The molecule has 6 nitrogen and oxygen atoms in total. The number of anilines is 1. The summed E-state index contributed by atoms with van der Waals surface area (Å²) in [6.45, 7) is 16.8. The van der Waals surface area contributed by atoms with Crippen molar-refractivity contribution in [1.82, 2.24) is 0 Å². The third kappa shape index (κ3) is 5.75. The molecule has 0 unspecified atom stereocenters. The molecule has 1 aromatic carbocycles. The first-order valence-electron chi connectivity index (χ1n) is 12.3. The maximum Gasteiger partial charge on any atom is 0.229 e. The van der Waals surface area contributed by atoms with Crippen LogP contribution >= 0.6 is 0 Å². The topological polar surface area (TPSA) is 97.7 Å². The van der Waals surface area contributed by atoms with Crippen LogP contribution in [0.5, 0.6) is 0 Å². The fourth-order valence-corrected chi connectivity index (χ4v) is 4.26. The number of carbonyl (C=O) groups is 3.